The SMILES string of the molecule is CC(=O)c1ccc(NS(=O)(=O)c2cc(N3C(=O)CCS3(=O)=O)ccc2C)cc1. The zero-order valence-corrected chi connectivity index (χ0v) is 16.8. The average Bonchev–Trinajstić information content (AvgIpc) is 2.88. The van der Waals surface area contributed by atoms with Crippen molar-refractivity contribution >= 4 is 43.1 Å². The first-order chi connectivity index (χ1) is 13.0. The van der Waals surface area contributed by atoms with E-state index >= 15 is 0 Å². The van der Waals surface area contributed by atoms with Crippen molar-refractivity contribution in [2.24, 2.45) is 0 Å². The van der Waals surface area contributed by atoms with E-state index in [0.717, 1.165) is 0 Å². The van der Waals surface area contributed by atoms with Crippen LogP contribution in [-0.2, 0) is 24.8 Å². The maximum absolute atomic E-state index is 12.8. The highest BCUT2D eigenvalue weighted by atomic mass is 32.2. The van der Waals surface area contributed by atoms with E-state index in [-0.39, 0.29) is 34.2 Å². The Morgan fingerprint density at radius 1 is 1.11 bits per heavy atom. The number of carbonyl (C=O) groups excluding carboxylic acids is 2. The van der Waals surface area contributed by atoms with E-state index in [9.17, 15) is 26.4 Å². The molecule has 0 radical (unpaired) electrons. The lowest BCUT2D eigenvalue weighted by atomic mass is 10.1. The summed E-state index contributed by atoms with van der Waals surface area (Å²) in [6.45, 7) is 2.97. The van der Waals surface area contributed by atoms with Gasteiger partial charge in [-0.25, -0.2) is 21.1 Å². The van der Waals surface area contributed by atoms with Crippen LogP contribution in [0.5, 0.6) is 0 Å². The molecule has 0 saturated carbocycles. The van der Waals surface area contributed by atoms with Crippen molar-refractivity contribution in [3.05, 3.63) is 53.6 Å². The molecule has 148 valence electrons. The van der Waals surface area contributed by atoms with Crippen molar-refractivity contribution in [3.63, 3.8) is 0 Å². The molecule has 1 aliphatic rings. The van der Waals surface area contributed by atoms with E-state index in [1.165, 1.54) is 49.4 Å². The molecule has 10 heteroatoms. The Labute approximate surface area is 163 Å². The second-order valence-corrected chi connectivity index (χ2v) is 10.0. The summed E-state index contributed by atoms with van der Waals surface area (Å²) in [7, 11) is -7.85. The molecule has 0 aliphatic carbocycles. The quantitative estimate of drug-likeness (QED) is 0.737. The molecule has 0 unspecified atom stereocenters. The normalized spacial score (nSPS) is 16.2. The fourth-order valence-electron chi connectivity index (χ4n) is 2.86. The van der Waals surface area contributed by atoms with Crippen LogP contribution >= 0.6 is 0 Å². The van der Waals surface area contributed by atoms with Crippen molar-refractivity contribution in [3.8, 4) is 0 Å². The topological polar surface area (TPSA) is 118 Å². The smallest absolute Gasteiger partial charge is 0.262 e. The van der Waals surface area contributed by atoms with Gasteiger partial charge >= 0.3 is 0 Å². The van der Waals surface area contributed by atoms with Crippen molar-refractivity contribution in [2.45, 2.75) is 25.2 Å². The Morgan fingerprint density at radius 2 is 1.75 bits per heavy atom. The van der Waals surface area contributed by atoms with Gasteiger partial charge < -0.3 is 0 Å². The van der Waals surface area contributed by atoms with Crippen LogP contribution in [-0.4, -0.2) is 34.3 Å². The highest BCUT2D eigenvalue weighted by molar-refractivity contribution is 7.94. The lowest BCUT2D eigenvalue weighted by Crippen LogP contribution is -2.29. The Morgan fingerprint density at radius 3 is 2.29 bits per heavy atom. The predicted octanol–water partition coefficient (Wildman–Crippen LogP) is 2.06. The number of Topliss-reactive ketones (excluding diaryl/α,β-unsaturated/α-hetero) is 1. The first-order valence-corrected chi connectivity index (χ1v) is 11.4. The fourth-order valence-corrected chi connectivity index (χ4v) is 5.63. The van der Waals surface area contributed by atoms with Gasteiger partial charge in [0.1, 0.15) is 0 Å². The van der Waals surface area contributed by atoms with Gasteiger partial charge in [0.15, 0.2) is 5.78 Å². The van der Waals surface area contributed by atoms with Gasteiger partial charge in [-0.3, -0.25) is 14.3 Å². The summed E-state index contributed by atoms with van der Waals surface area (Å²) in [6, 6.07) is 9.94. The Balaban J connectivity index is 1.98. The number of benzene rings is 2. The van der Waals surface area contributed by atoms with Gasteiger partial charge in [0.05, 0.1) is 16.3 Å². The van der Waals surface area contributed by atoms with E-state index in [1.54, 1.807) is 6.92 Å². The first-order valence-electron chi connectivity index (χ1n) is 8.31. The Bertz CT molecular complexity index is 1170. The van der Waals surface area contributed by atoms with Crippen molar-refractivity contribution in [2.75, 3.05) is 14.8 Å². The van der Waals surface area contributed by atoms with Crippen molar-refractivity contribution in [1.29, 1.82) is 0 Å². The summed E-state index contributed by atoms with van der Waals surface area (Å²) < 4.78 is 52.9. The number of hydrogen-bond acceptors (Lipinski definition) is 6. The van der Waals surface area contributed by atoms with Gasteiger partial charge in [-0.15, -0.1) is 0 Å². The lowest BCUT2D eigenvalue weighted by Gasteiger charge is -2.17. The number of carbonyl (C=O) groups is 2. The molecule has 3 rings (SSSR count). The van der Waals surface area contributed by atoms with Crippen LogP contribution in [0.25, 0.3) is 0 Å². The van der Waals surface area contributed by atoms with E-state index in [0.29, 0.717) is 15.4 Å². The monoisotopic (exact) mass is 422 g/mol. The van der Waals surface area contributed by atoms with Crippen LogP contribution in [0.2, 0.25) is 0 Å². The summed E-state index contributed by atoms with van der Waals surface area (Å²) in [5, 5.41) is 0. The maximum Gasteiger partial charge on any atom is 0.262 e. The number of aryl methyl sites for hydroxylation is 1. The molecule has 2 aromatic carbocycles. The van der Waals surface area contributed by atoms with Crippen LogP contribution < -0.4 is 9.03 Å². The van der Waals surface area contributed by atoms with Crippen molar-refractivity contribution in [1.82, 2.24) is 0 Å². The molecule has 0 aromatic heterocycles. The number of hydrogen-bond donors (Lipinski definition) is 1. The van der Waals surface area contributed by atoms with Crippen LogP contribution in [0.3, 0.4) is 0 Å². The highest BCUT2D eigenvalue weighted by Crippen LogP contribution is 2.30. The molecule has 1 aliphatic heterocycles. The van der Waals surface area contributed by atoms with Crippen LogP contribution in [0, 0.1) is 6.92 Å². The third kappa shape index (κ3) is 3.78. The summed E-state index contributed by atoms with van der Waals surface area (Å²) >= 11 is 0. The zero-order chi connectivity index (χ0) is 20.7. The standard InChI is InChI=1S/C18H18N2O6S2/c1-12-3-8-16(20-18(22)9-10-27(20,23)24)11-17(12)28(25,26)19-15-6-4-14(5-7-15)13(2)21/h3-8,11,19H,9-10H2,1-2H3. The van der Waals surface area contributed by atoms with Crippen LogP contribution in [0.15, 0.2) is 47.4 Å². The third-order valence-corrected chi connectivity index (χ3v) is 7.53. The minimum Gasteiger partial charge on any atom is -0.295 e. The molecule has 0 spiro atoms. The number of nitrogens with one attached hydrogen (secondary N) is 1. The van der Waals surface area contributed by atoms with Crippen LogP contribution in [0.1, 0.15) is 29.3 Å². The summed E-state index contributed by atoms with van der Waals surface area (Å²) in [6.07, 6.45) is -0.140. The molecule has 1 N–H and O–H groups in total. The zero-order valence-electron chi connectivity index (χ0n) is 15.2. The van der Waals surface area contributed by atoms with E-state index < -0.39 is 26.0 Å². The van der Waals surface area contributed by atoms with Crippen molar-refractivity contribution < 1.29 is 26.4 Å². The van der Waals surface area contributed by atoms with Gasteiger partial charge in [0.25, 0.3) is 10.0 Å². The van der Waals surface area contributed by atoms with Gasteiger partial charge in [0, 0.05) is 17.7 Å². The predicted molar refractivity (Wildman–Crippen MR) is 104 cm³/mol. The van der Waals surface area contributed by atoms with Gasteiger partial charge in [0.2, 0.25) is 15.9 Å². The van der Waals surface area contributed by atoms with Gasteiger partial charge in [-0.2, -0.15) is 0 Å². The molecule has 0 bridgehead atoms. The summed E-state index contributed by atoms with van der Waals surface area (Å²) in [5.41, 5.74) is 1.07. The molecule has 28 heavy (non-hydrogen) atoms. The minimum absolute atomic E-state index is 0.0135. The van der Waals surface area contributed by atoms with E-state index in [2.05, 4.69) is 4.72 Å². The van der Waals surface area contributed by atoms with Gasteiger partial charge in [-0.05, 0) is 55.8 Å². The second kappa shape index (κ2) is 7.02. The lowest BCUT2D eigenvalue weighted by molar-refractivity contribution is -0.116. The number of nitrogens with zero attached hydrogens (tertiary/aromatic N) is 1. The molecule has 1 saturated heterocycles. The number of ketones is 1. The number of anilines is 2. The minimum atomic E-state index is -4.05. The molecule has 1 amide bonds. The summed E-state index contributed by atoms with van der Waals surface area (Å²) in [5.74, 6) is -1.04. The molecule has 2 aromatic rings. The van der Waals surface area contributed by atoms with Crippen LogP contribution in [0.4, 0.5) is 11.4 Å². The largest absolute Gasteiger partial charge is 0.295 e. The number of sulfonamides is 2. The molecule has 1 fully saturated rings. The number of amides is 1. The third-order valence-electron chi connectivity index (χ3n) is 4.32. The summed E-state index contributed by atoms with van der Waals surface area (Å²) in [4.78, 5) is 23.2. The molecule has 8 nitrogen and oxygen atoms in total. The molecule has 0 atom stereocenters. The molecule has 1 heterocycles. The Hall–Kier alpha value is -2.72. The number of rotatable bonds is 5. The second-order valence-electron chi connectivity index (χ2n) is 6.41. The van der Waals surface area contributed by atoms with E-state index in [1.807, 2.05) is 0 Å². The average molecular weight is 422 g/mol. The molecular formula is C18H18N2O6S2. The van der Waals surface area contributed by atoms with Gasteiger partial charge in [-0.1, -0.05) is 6.07 Å². The fraction of sp³-hybridized carbons (Fsp3) is 0.222. The maximum atomic E-state index is 12.8. The van der Waals surface area contributed by atoms with E-state index in [4.69, 9.17) is 0 Å². The Kier molecular flexibility index (Phi) is 5.02. The first kappa shape index (κ1) is 20.0. The highest BCUT2D eigenvalue weighted by Gasteiger charge is 2.37. The molecular weight excluding hydrogens is 404 g/mol.